The average Bonchev–Trinajstić information content (AvgIpc) is 2.57. The molecule has 0 bridgehead atoms. The highest BCUT2D eigenvalue weighted by Crippen LogP contribution is 2.15. The van der Waals surface area contributed by atoms with Crippen LogP contribution in [-0.4, -0.2) is 22.5 Å². The molecule has 0 aliphatic heterocycles. The predicted octanol–water partition coefficient (Wildman–Crippen LogP) is 1.47. The number of ether oxygens (including phenoxy) is 1. The first kappa shape index (κ1) is 12.2. The number of methoxy groups -OCH3 is 1. The zero-order chi connectivity index (χ0) is 11.5. The van der Waals surface area contributed by atoms with Crippen molar-refractivity contribution >= 4 is 0 Å². The van der Waals surface area contributed by atoms with E-state index in [1.165, 1.54) is 0 Å². The Hall–Kier alpha value is -0.870. The summed E-state index contributed by atoms with van der Waals surface area (Å²) in [5.41, 5.74) is 7.77. The molecule has 15 heavy (non-hydrogen) atoms. The van der Waals surface area contributed by atoms with Crippen molar-refractivity contribution in [1.29, 1.82) is 0 Å². The number of nitrogens with two attached hydrogens (primary N) is 1. The minimum atomic E-state index is -0.0960. The molecule has 0 aliphatic rings. The van der Waals surface area contributed by atoms with E-state index in [0.717, 1.165) is 24.2 Å². The molecule has 1 aromatic heterocycles. The fourth-order valence-electron chi connectivity index (χ4n) is 1.39. The van der Waals surface area contributed by atoms with E-state index in [1.54, 1.807) is 7.11 Å². The Morgan fingerprint density at radius 3 is 2.67 bits per heavy atom. The SMILES string of the molecule is COC(C)(C)CCn1ncc(CN)c1C. The van der Waals surface area contributed by atoms with Crippen molar-refractivity contribution < 1.29 is 4.74 Å². The van der Waals surface area contributed by atoms with E-state index < -0.39 is 0 Å². The van der Waals surface area contributed by atoms with Gasteiger partial charge in [0.25, 0.3) is 0 Å². The summed E-state index contributed by atoms with van der Waals surface area (Å²) >= 11 is 0. The molecule has 1 aromatic rings. The van der Waals surface area contributed by atoms with Gasteiger partial charge in [0.2, 0.25) is 0 Å². The maximum atomic E-state index is 5.59. The van der Waals surface area contributed by atoms with E-state index in [-0.39, 0.29) is 5.60 Å². The molecule has 1 rings (SSSR count). The van der Waals surface area contributed by atoms with Crippen LogP contribution >= 0.6 is 0 Å². The second-order valence-corrected chi connectivity index (χ2v) is 4.40. The number of hydrogen-bond acceptors (Lipinski definition) is 3. The second-order valence-electron chi connectivity index (χ2n) is 4.40. The molecule has 0 saturated carbocycles. The molecule has 0 aromatic carbocycles. The monoisotopic (exact) mass is 211 g/mol. The van der Waals surface area contributed by atoms with Gasteiger partial charge in [-0.3, -0.25) is 4.68 Å². The van der Waals surface area contributed by atoms with Crippen LogP contribution in [0.3, 0.4) is 0 Å². The Labute approximate surface area is 91.4 Å². The third kappa shape index (κ3) is 3.04. The Morgan fingerprint density at radius 1 is 1.53 bits per heavy atom. The number of nitrogens with zero attached hydrogens (tertiary/aromatic N) is 2. The van der Waals surface area contributed by atoms with Gasteiger partial charge >= 0.3 is 0 Å². The number of rotatable bonds is 5. The van der Waals surface area contributed by atoms with Crippen LogP contribution in [0.5, 0.6) is 0 Å². The van der Waals surface area contributed by atoms with Gasteiger partial charge in [-0.05, 0) is 27.2 Å². The van der Waals surface area contributed by atoms with E-state index in [1.807, 2.05) is 10.9 Å². The van der Waals surface area contributed by atoms with Gasteiger partial charge < -0.3 is 10.5 Å². The Balaban J connectivity index is 2.62. The minimum Gasteiger partial charge on any atom is -0.379 e. The quantitative estimate of drug-likeness (QED) is 0.802. The first-order valence-corrected chi connectivity index (χ1v) is 5.26. The molecule has 0 unspecified atom stereocenters. The van der Waals surface area contributed by atoms with E-state index in [2.05, 4.69) is 25.9 Å². The highest BCUT2D eigenvalue weighted by Gasteiger charge is 2.17. The second kappa shape index (κ2) is 4.77. The minimum absolute atomic E-state index is 0.0960. The summed E-state index contributed by atoms with van der Waals surface area (Å²) in [6.45, 7) is 7.63. The third-order valence-electron chi connectivity index (χ3n) is 2.90. The molecule has 86 valence electrons. The lowest BCUT2D eigenvalue weighted by Gasteiger charge is -2.22. The molecule has 2 N–H and O–H groups in total. The van der Waals surface area contributed by atoms with Crippen LogP contribution in [0, 0.1) is 6.92 Å². The lowest BCUT2D eigenvalue weighted by molar-refractivity contribution is 0.0112. The van der Waals surface area contributed by atoms with Gasteiger partial charge in [-0.15, -0.1) is 0 Å². The van der Waals surface area contributed by atoms with Crippen molar-refractivity contribution in [2.24, 2.45) is 5.73 Å². The Kier molecular flexibility index (Phi) is 3.88. The highest BCUT2D eigenvalue weighted by atomic mass is 16.5. The number of aromatic nitrogens is 2. The molecule has 4 nitrogen and oxygen atoms in total. The topological polar surface area (TPSA) is 53.1 Å². The zero-order valence-electron chi connectivity index (χ0n) is 10.1. The molecule has 0 radical (unpaired) electrons. The van der Waals surface area contributed by atoms with Crippen LogP contribution in [0.4, 0.5) is 0 Å². The van der Waals surface area contributed by atoms with E-state index in [0.29, 0.717) is 6.54 Å². The first-order chi connectivity index (χ1) is 7.00. The maximum absolute atomic E-state index is 5.59. The summed E-state index contributed by atoms with van der Waals surface area (Å²) in [7, 11) is 1.74. The number of aryl methyl sites for hydroxylation is 1. The smallest absolute Gasteiger partial charge is 0.0640 e. The lowest BCUT2D eigenvalue weighted by Crippen LogP contribution is -2.25. The van der Waals surface area contributed by atoms with Gasteiger partial charge in [-0.1, -0.05) is 0 Å². The van der Waals surface area contributed by atoms with Crippen LogP contribution in [0.2, 0.25) is 0 Å². The van der Waals surface area contributed by atoms with Crippen LogP contribution in [-0.2, 0) is 17.8 Å². The van der Waals surface area contributed by atoms with E-state index in [4.69, 9.17) is 10.5 Å². The molecule has 0 atom stereocenters. The van der Waals surface area contributed by atoms with Crippen LogP contribution in [0.1, 0.15) is 31.5 Å². The van der Waals surface area contributed by atoms with Gasteiger partial charge in [0.05, 0.1) is 11.8 Å². The van der Waals surface area contributed by atoms with Gasteiger partial charge in [-0.2, -0.15) is 5.10 Å². The van der Waals surface area contributed by atoms with Crippen LogP contribution in [0.15, 0.2) is 6.20 Å². The summed E-state index contributed by atoms with van der Waals surface area (Å²) in [4.78, 5) is 0. The van der Waals surface area contributed by atoms with Crippen LogP contribution in [0.25, 0.3) is 0 Å². The Morgan fingerprint density at radius 2 is 2.20 bits per heavy atom. The summed E-state index contributed by atoms with van der Waals surface area (Å²) in [5, 5.41) is 4.31. The average molecular weight is 211 g/mol. The van der Waals surface area contributed by atoms with Crippen LogP contribution < -0.4 is 5.73 Å². The van der Waals surface area contributed by atoms with E-state index >= 15 is 0 Å². The largest absolute Gasteiger partial charge is 0.379 e. The van der Waals surface area contributed by atoms with Gasteiger partial charge in [0.15, 0.2) is 0 Å². The first-order valence-electron chi connectivity index (χ1n) is 5.26. The maximum Gasteiger partial charge on any atom is 0.0640 e. The summed E-state index contributed by atoms with van der Waals surface area (Å²) in [6.07, 6.45) is 2.78. The van der Waals surface area contributed by atoms with E-state index in [9.17, 15) is 0 Å². The molecule has 0 aliphatic carbocycles. The molecular formula is C11H21N3O. The third-order valence-corrected chi connectivity index (χ3v) is 2.90. The molecular weight excluding hydrogens is 190 g/mol. The number of hydrogen-bond donors (Lipinski definition) is 1. The zero-order valence-corrected chi connectivity index (χ0v) is 10.1. The molecule has 1 heterocycles. The van der Waals surface area contributed by atoms with Crippen molar-refractivity contribution in [1.82, 2.24) is 9.78 Å². The van der Waals surface area contributed by atoms with Crippen molar-refractivity contribution in [3.63, 3.8) is 0 Å². The molecule has 0 spiro atoms. The standard InChI is InChI=1S/C11H21N3O/c1-9-10(7-12)8-13-14(9)6-5-11(2,3)15-4/h8H,5-7,12H2,1-4H3. The molecule has 4 heteroatoms. The van der Waals surface area contributed by atoms with Crippen molar-refractivity contribution in [2.75, 3.05) is 7.11 Å². The van der Waals surface area contributed by atoms with Gasteiger partial charge in [0.1, 0.15) is 0 Å². The van der Waals surface area contributed by atoms with Gasteiger partial charge in [-0.25, -0.2) is 0 Å². The fourth-order valence-corrected chi connectivity index (χ4v) is 1.39. The summed E-state index contributed by atoms with van der Waals surface area (Å²) in [6, 6.07) is 0. The van der Waals surface area contributed by atoms with Gasteiger partial charge in [0, 0.05) is 31.5 Å². The summed E-state index contributed by atoms with van der Waals surface area (Å²) in [5.74, 6) is 0. The lowest BCUT2D eigenvalue weighted by atomic mass is 10.1. The van der Waals surface area contributed by atoms with Crippen molar-refractivity contribution in [2.45, 2.75) is 45.9 Å². The normalized spacial score (nSPS) is 12.1. The van der Waals surface area contributed by atoms with Crippen molar-refractivity contribution in [3.05, 3.63) is 17.5 Å². The molecule has 0 saturated heterocycles. The fraction of sp³-hybridized carbons (Fsp3) is 0.727. The predicted molar refractivity (Wildman–Crippen MR) is 60.6 cm³/mol. The summed E-state index contributed by atoms with van der Waals surface area (Å²) < 4.78 is 7.36. The molecule has 0 amide bonds. The molecule has 0 fully saturated rings. The highest BCUT2D eigenvalue weighted by molar-refractivity contribution is 5.15. The Bertz CT molecular complexity index is 318. The van der Waals surface area contributed by atoms with Crippen molar-refractivity contribution in [3.8, 4) is 0 Å².